The Hall–Kier alpha value is -4.25. The van der Waals surface area contributed by atoms with E-state index in [0.717, 1.165) is 18.7 Å². The zero-order valence-corrected chi connectivity index (χ0v) is 22.6. The van der Waals surface area contributed by atoms with Crippen molar-refractivity contribution in [3.63, 3.8) is 0 Å². The summed E-state index contributed by atoms with van der Waals surface area (Å²) >= 11 is 0. The van der Waals surface area contributed by atoms with Gasteiger partial charge in [0.05, 0.1) is 40.2 Å². The van der Waals surface area contributed by atoms with Crippen molar-refractivity contribution >= 4 is 5.97 Å². The van der Waals surface area contributed by atoms with E-state index in [1.807, 2.05) is 10.6 Å². The first kappa shape index (κ1) is 27.3. The van der Waals surface area contributed by atoms with E-state index in [0.29, 0.717) is 31.0 Å². The quantitative estimate of drug-likeness (QED) is 0.401. The molecule has 3 aromatic rings. The zero-order valence-electron chi connectivity index (χ0n) is 22.6. The van der Waals surface area contributed by atoms with Crippen LogP contribution in [0.4, 0.5) is 0 Å². The monoisotopic (exact) mass is 552 g/mol. The van der Waals surface area contributed by atoms with E-state index in [4.69, 9.17) is 18.6 Å². The largest absolute Gasteiger partial charge is 0.502 e. The van der Waals surface area contributed by atoms with Gasteiger partial charge in [-0.1, -0.05) is 6.07 Å². The van der Waals surface area contributed by atoms with Gasteiger partial charge in [-0.25, -0.2) is 0 Å². The van der Waals surface area contributed by atoms with E-state index in [2.05, 4.69) is 4.90 Å². The molecule has 0 aliphatic carbocycles. The lowest BCUT2D eigenvalue weighted by molar-refractivity contribution is -0.140. The molecule has 1 aromatic carbocycles. The van der Waals surface area contributed by atoms with Gasteiger partial charge in [0.15, 0.2) is 17.3 Å². The predicted octanol–water partition coefficient (Wildman–Crippen LogP) is 2.54. The van der Waals surface area contributed by atoms with Crippen molar-refractivity contribution in [2.75, 3.05) is 34.4 Å². The van der Waals surface area contributed by atoms with Crippen molar-refractivity contribution in [3.05, 3.63) is 79.8 Å². The summed E-state index contributed by atoms with van der Waals surface area (Å²) in [6, 6.07) is 9.59. The number of piperidine rings is 1. The topological polar surface area (TPSA) is 141 Å². The number of benzene rings is 1. The van der Waals surface area contributed by atoms with Crippen molar-refractivity contribution in [1.82, 2.24) is 9.47 Å². The summed E-state index contributed by atoms with van der Waals surface area (Å²) in [6.45, 7) is 2.34. The fraction of sp³-hybridized carbons (Fsp3) is 0.414. The van der Waals surface area contributed by atoms with Gasteiger partial charge in [0.2, 0.25) is 16.9 Å². The smallest absolute Gasteiger partial charge is 0.306 e. The standard InChI is InChI=1S/C29H32N2O9/c1-37-23-8-17(9-24(38-2)28(23)36)20(11-26(34)39-3)29-27(35)22(32)10-19(40-29)15-30-12-16-7-18(14-30)21-5-4-6-25(33)31(21)13-16/h4-6,8-10,16,18,20,35-36H,7,11-15H2,1-3H3/t16-,18?,20?/m1/s1. The number of carbonyl (C=O) groups is 1. The molecule has 1 fully saturated rings. The summed E-state index contributed by atoms with van der Waals surface area (Å²) in [5, 5.41) is 21.2. The van der Waals surface area contributed by atoms with E-state index in [1.54, 1.807) is 12.1 Å². The number of phenols is 1. The SMILES string of the molecule is COC(=O)CC(c1cc(OC)c(O)c(OC)c1)c1oc(CN2CC3C[C@H](C2)Cn2c3cccc2=O)cc(=O)c1O. The minimum atomic E-state index is -0.942. The van der Waals surface area contributed by atoms with Gasteiger partial charge < -0.3 is 33.4 Å². The molecule has 0 radical (unpaired) electrons. The number of nitrogens with zero attached hydrogens (tertiary/aromatic N) is 2. The highest BCUT2D eigenvalue weighted by atomic mass is 16.5. The second-order valence-electron chi connectivity index (χ2n) is 10.3. The Balaban J connectivity index is 1.50. The molecule has 2 aliphatic rings. The molecule has 0 saturated carbocycles. The van der Waals surface area contributed by atoms with Gasteiger partial charge in [-0.3, -0.25) is 19.3 Å². The van der Waals surface area contributed by atoms with Crippen LogP contribution in [0.5, 0.6) is 23.0 Å². The maximum Gasteiger partial charge on any atom is 0.306 e. The van der Waals surface area contributed by atoms with E-state index >= 15 is 0 Å². The normalized spacial score (nSPS) is 19.0. The molecule has 2 unspecified atom stereocenters. The van der Waals surface area contributed by atoms with Gasteiger partial charge in [-0.15, -0.1) is 0 Å². The van der Waals surface area contributed by atoms with E-state index in [-0.39, 0.29) is 46.8 Å². The third-order valence-corrected chi connectivity index (χ3v) is 7.75. The van der Waals surface area contributed by atoms with Crippen LogP contribution in [0.2, 0.25) is 0 Å². The number of aromatic nitrogens is 1. The van der Waals surface area contributed by atoms with Gasteiger partial charge in [0.1, 0.15) is 5.76 Å². The highest BCUT2D eigenvalue weighted by Gasteiger charge is 2.35. The third kappa shape index (κ3) is 5.16. The summed E-state index contributed by atoms with van der Waals surface area (Å²) < 4.78 is 23.4. The molecule has 2 N–H and O–H groups in total. The molecule has 2 aliphatic heterocycles. The van der Waals surface area contributed by atoms with Crippen LogP contribution in [0.3, 0.4) is 0 Å². The number of aromatic hydroxyl groups is 2. The molecule has 3 atom stereocenters. The number of pyridine rings is 1. The molecule has 1 saturated heterocycles. The first-order chi connectivity index (χ1) is 19.2. The summed E-state index contributed by atoms with van der Waals surface area (Å²) in [5.41, 5.74) is 0.781. The average molecular weight is 553 g/mol. The van der Waals surface area contributed by atoms with Gasteiger partial charge in [-0.2, -0.15) is 0 Å². The Morgan fingerprint density at radius 1 is 1.02 bits per heavy atom. The van der Waals surface area contributed by atoms with E-state index < -0.39 is 23.1 Å². The van der Waals surface area contributed by atoms with Crippen molar-refractivity contribution < 1.29 is 33.6 Å². The number of carbonyl (C=O) groups excluding carboxylic acids is 1. The van der Waals surface area contributed by atoms with Crippen LogP contribution in [0, 0.1) is 5.92 Å². The molecule has 11 heteroatoms. The number of fused-ring (bicyclic) bond motifs is 4. The van der Waals surface area contributed by atoms with Crippen molar-refractivity contribution in [3.8, 4) is 23.0 Å². The molecule has 11 nitrogen and oxygen atoms in total. The number of methoxy groups -OCH3 is 3. The third-order valence-electron chi connectivity index (χ3n) is 7.75. The minimum absolute atomic E-state index is 0.00830. The summed E-state index contributed by atoms with van der Waals surface area (Å²) in [7, 11) is 3.98. The Morgan fingerprint density at radius 2 is 1.75 bits per heavy atom. The fourth-order valence-corrected chi connectivity index (χ4v) is 5.94. The second kappa shape index (κ2) is 11.1. The number of hydrogen-bond acceptors (Lipinski definition) is 10. The molecule has 5 rings (SSSR count). The summed E-state index contributed by atoms with van der Waals surface area (Å²) in [6.07, 6.45) is 0.726. The highest BCUT2D eigenvalue weighted by Crippen LogP contribution is 2.43. The lowest BCUT2D eigenvalue weighted by atomic mass is 9.83. The molecular formula is C29H32N2O9. The van der Waals surface area contributed by atoms with Crippen LogP contribution >= 0.6 is 0 Å². The highest BCUT2D eigenvalue weighted by molar-refractivity contribution is 5.71. The van der Waals surface area contributed by atoms with Gasteiger partial charge in [0, 0.05) is 43.4 Å². The average Bonchev–Trinajstić information content (AvgIpc) is 2.94. The Labute approximate surface area is 230 Å². The number of phenolic OH excluding ortho intramolecular Hbond substituents is 1. The number of hydrogen-bond donors (Lipinski definition) is 2. The van der Waals surface area contributed by atoms with Crippen molar-refractivity contribution in [2.45, 2.75) is 37.8 Å². The fourth-order valence-electron chi connectivity index (χ4n) is 5.94. The zero-order chi connectivity index (χ0) is 28.6. The number of likely N-dealkylation sites (tertiary alicyclic amines) is 1. The maximum atomic E-state index is 12.9. The van der Waals surface area contributed by atoms with Crippen LogP contribution in [-0.4, -0.2) is 60.1 Å². The molecule has 40 heavy (non-hydrogen) atoms. The van der Waals surface area contributed by atoms with Crippen LogP contribution in [0.1, 0.15) is 47.5 Å². The molecule has 2 aromatic heterocycles. The molecule has 4 heterocycles. The molecule has 2 bridgehead atoms. The Morgan fingerprint density at radius 3 is 2.42 bits per heavy atom. The van der Waals surface area contributed by atoms with Crippen LogP contribution in [0.25, 0.3) is 0 Å². The molecule has 212 valence electrons. The van der Waals surface area contributed by atoms with E-state index in [9.17, 15) is 24.6 Å². The lowest BCUT2D eigenvalue weighted by Gasteiger charge is -2.42. The predicted molar refractivity (Wildman–Crippen MR) is 143 cm³/mol. The summed E-state index contributed by atoms with van der Waals surface area (Å²) in [4.78, 5) is 39.9. The second-order valence-corrected chi connectivity index (χ2v) is 10.3. The first-order valence-electron chi connectivity index (χ1n) is 13.0. The Kier molecular flexibility index (Phi) is 7.57. The number of ether oxygens (including phenoxy) is 3. The maximum absolute atomic E-state index is 12.9. The molecule has 0 amide bonds. The lowest BCUT2D eigenvalue weighted by Crippen LogP contribution is -2.46. The van der Waals surface area contributed by atoms with Crippen molar-refractivity contribution in [1.29, 1.82) is 0 Å². The molecular weight excluding hydrogens is 520 g/mol. The van der Waals surface area contributed by atoms with Crippen molar-refractivity contribution in [2.24, 2.45) is 5.92 Å². The number of esters is 1. The molecule has 0 spiro atoms. The number of rotatable bonds is 8. The van der Waals surface area contributed by atoms with Gasteiger partial charge >= 0.3 is 5.97 Å². The van der Waals surface area contributed by atoms with Crippen LogP contribution < -0.4 is 20.5 Å². The first-order valence-corrected chi connectivity index (χ1v) is 13.0. The van der Waals surface area contributed by atoms with Crippen LogP contribution in [0.15, 0.2) is 50.4 Å². The van der Waals surface area contributed by atoms with Crippen LogP contribution in [-0.2, 0) is 22.6 Å². The minimum Gasteiger partial charge on any atom is -0.502 e. The summed E-state index contributed by atoms with van der Waals surface area (Å²) in [5.74, 6) is -1.54. The Bertz CT molecular complexity index is 1520. The van der Waals surface area contributed by atoms with Gasteiger partial charge in [-0.05, 0) is 36.1 Å². The van der Waals surface area contributed by atoms with Gasteiger partial charge in [0.25, 0.3) is 5.56 Å². The van der Waals surface area contributed by atoms with E-state index in [1.165, 1.54) is 39.5 Å².